The molecule has 4 heteroatoms. The van der Waals surface area contributed by atoms with E-state index in [-0.39, 0.29) is 5.75 Å². The van der Waals surface area contributed by atoms with Crippen molar-refractivity contribution in [1.29, 1.82) is 0 Å². The Kier molecular flexibility index (Phi) is 2.35. The van der Waals surface area contributed by atoms with Gasteiger partial charge in [-0.2, -0.15) is 0 Å². The third kappa shape index (κ3) is 1.57. The zero-order valence-electron chi connectivity index (χ0n) is 8.29. The van der Waals surface area contributed by atoms with E-state index in [1.165, 1.54) is 19.2 Å². The summed E-state index contributed by atoms with van der Waals surface area (Å²) in [6, 6.07) is 3.05. The number of halogens is 1. The predicted molar refractivity (Wildman–Crippen MR) is 56.6 cm³/mol. The molecule has 0 heterocycles. The van der Waals surface area contributed by atoms with E-state index in [1.807, 2.05) is 0 Å². The van der Waals surface area contributed by atoms with Crippen LogP contribution in [0.4, 0.5) is 0 Å². The summed E-state index contributed by atoms with van der Waals surface area (Å²) < 4.78 is 4.92. The SMILES string of the molecule is COc1cc(Cl)c(C2(C=O)CC2)cc1O. The number of benzene rings is 1. The molecule has 80 valence electrons. The standard InChI is InChI=1S/C11H11ClO3/c1-15-10-5-8(12)7(4-9(10)14)11(6-13)2-3-11/h4-6,14H,2-3H2,1H3. The van der Waals surface area contributed by atoms with E-state index in [2.05, 4.69) is 0 Å². The summed E-state index contributed by atoms with van der Waals surface area (Å²) in [5.41, 5.74) is 0.221. The zero-order chi connectivity index (χ0) is 11.1. The number of rotatable bonds is 3. The first-order valence-corrected chi connectivity index (χ1v) is 5.04. The van der Waals surface area contributed by atoms with Crippen LogP contribution in [-0.4, -0.2) is 18.5 Å². The molecule has 0 unspecified atom stereocenters. The van der Waals surface area contributed by atoms with Gasteiger partial charge in [-0.15, -0.1) is 0 Å². The molecule has 1 fully saturated rings. The van der Waals surface area contributed by atoms with Crippen molar-refractivity contribution in [1.82, 2.24) is 0 Å². The number of aldehydes is 1. The van der Waals surface area contributed by atoms with Gasteiger partial charge in [0.1, 0.15) is 6.29 Å². The van der Waals surface area contributed by atoms with Crippen molar-refractivity contribution in [3.8, 4) is 11.5 Å². The summed E-state index contributed by atoms with van der Waals surface area (Å²) in [5.74, 6) is 0.343. The second kappa shape index (κ2) is 3.42. The molecule has 0 atom stereocenters. The molecule has 3 nitrogen and oxygen atoms in total. The van der Waals surface area contributed by atoms with Crippen molar-refractivity contribution in [3.05, 3.63) is 22.7 Å². The van der Waals surface area contributed by atoms with Crippen molar-refractivity contribution in [2.24, 2.45) is 0 Å². The van der Waals surface area contributed by atoms with Gasteiger partial charge in [0.25, 0.3) is 0 Å². The molecule has 1 aliphatic rings. The van der Waals surface area contributed by atoms with E-state index < -0.39 is 5.41 Å². The Morgan fingerprint density at radius 3 is 2.67 bits per heavy atom. The van der Waals surface area contributed by atoms with Crippen molar-refractivity contribution in [2.45, 2.75) is 18.3 Å². The lowest BCUT2D eigenvalue weighted by atomic mass is 9.97. The fourth-order valence-electron chi connectivity index (χ4n) is 1.67. The average Bonchev–Trinajstić information content (AvgIpc) is 3.01. The van der Waals surface area contributed by atoms with Crippen LogP contribution in [0.15, 0.2) is 12.1 Å². The van der Waals surface area contributed by atoms with Crippen LogP contribution < -0.4 is 4.74 Å². The molecule has 0 amide bonds. The minimum atomic E-state index is -0.471. The third-order valence-corrected chi connectivity index (χ3v) is 3.13. The van der Waals surface area contributed by atoms with Gasteiger partial charge in [0.2, 0.25) is 0 Å². The molecular formula is C11H11ClO3. The molecule has 0 aromatic heterocycles. The van der Waals surface area contributed by atoms with E-state index in [4.69, 9.17) is 16.3 Å². The highest BCUT2D eigenvalue weighted by molar-refractivity contribution is 6.32. The molecule has 0 radical (unpaired) electrons. The molecule has 0 saturated heterocycles. The number of methoxy groups -OCH3 is 1. The smallest absolute Gasteiger partial charge is 0.161 e. The number of aromatic hydroxyl groups is 1. The van der Waals surface area contributed by atoms with E-state index >= 15 is 0 Å². The Morgan fingerprint density at radius 1 is 1.53 bits per heavy atom. The Bertz CT molecular complexity index is 411. The van der Waals surface area contributed by atoms with Gasteiger partial charge in [-0.25, -0.2) is 0 Å². The molecule has 15 heavy (non-hydrogen) atoms. The Labute approximate surface area is 92.6 Å². The monoisotopic (exact) mass is 226 g/mol. The molecule has 1 aromatic rings. The normalized spacial score (nSPS) is 17.2. The number of carbonyl (C=O) groups is 1. The summed E-state index contributed by atoms with van der Waals surface area (Å²) in [5, 5.41) is 10.1. The van der Waals surface area contributed by atoms with Crippen LogP contribution in [0.2, 0.25) is 5.02 Å². The molecule has 0 bridgehead atoms. The quantitative estimate of drug-likeness (QED) is 0.805. The summed E-state index contributed by atoms with van der Waals surface area (Å²) >= 11 is 6.03. The van der Waals surface area contributed by atoms with Gasteiger partial charge >= 0.3 is 0 Å². The lowest BCUT2D eigenvalue weighted by molar-refractivity contribution is -0.109. The molecule has 2 rings (SSSR count). The number of hydrogen-bond acceptors (Lipinski definition) is 3. The van der Waals surface area contributed by atoms with E-state index in [0.29, 0.717) is 16.3 Å². The average molecular weight is 227 g/mol. The first-order valence-electron chi connectivity index (χ1n) is 4.66. The van der Waals surface area contributed by atoms with Crippen molar-refractivity contribution in [2.75, 3.05) is 7.11 Å². The van der Waals surface area contributed by atoms with Gasteiger partial charge in [-0.05, 0) is 24.5 Å². The molecule has 1 saturated carbocycles. The van der Waals surface area contributed by atoms with Crippen LogP contribution in [0.5, 0.6) is 11.5 Å². The van der Waals surface area contributed by atoms with Crippen LogP contribution in [0, 0.1) is 0 Å². The highest BCUT2D eigenvalue weighted by atomic mass is 35.5. The van der Waals surface area contributed by atoms with Crippen molar-refractivity contribution >= 4 is 17.9 Å². The molecule has 1 aromatic carbocycles. The maximum Gasteiger partial charge on any atom is 0.161 e. The minimum absolute atomic E-state index is 0.0185. The molecule has 1 aliphatic carbocycles. The number of ether oxygens (including phenoxy) is 1. The van der Waals surface area contributed by atoms with Gasteiger partial charge in [0.15, 0.2) is 11.5 Å². The molecule has 0 spiro atoms. The summed E-state index contributed by atoms with van der Waals surface area (Å²) in [4.78, 5) is 10.9. The van der Waals surface area contributed by atoms with E-state index in [0.717, 1.165) is 19.1 Å². The maximum atomic E-state index is 10.9. The number of phenolic OH excluding ortho intramolecular Hbond substituents is 1. The summed E-state index contributed by atoms with van der Waals surface area (Å²) in [7, 11) is 1.46. The van der Waals surface area contributed by atoms with Gasteiger partial charge < -0.3 is 14.6 Å². The fraction of sp³-hybridized carbons (Fsp3) is 0.364. The fourth-order valence-corrected chi connectivity index (χ4v) is 2.02. The topological polar surface area (TPSA) is 46.5 Å². The van der Waals surface area contributed by atoms with E-state index in [9.17, 15) is 9.90 Å². The van der Waals surface area contributed by atoms with Gasteiger partial charge in [0, 0.05) is 11.1 Å². The van der Waals surface area contributed by atoms with Gasteiger partial charge in [-0.3, -0.25) is 0 Å². The van der Waals surface area contributed by atoms with Crippen LogP contribution in [-0.2, 0) is 10.2 Å². The minimum Gasteiger partial charge on any atom is -0.504 e. The molecule has 1 N–H and O–H groups in total. The highest BCUT2D eigenvalue weighted by Gasteiger charge is 2.46. The van der Waals surface area contributed by atoms with Crippen LogP contribution in [0.3, 0.4) is 0 Å². The zero-order valence-corrected chi connectivity index (χ0v) is 9.04. The highest BCUT2D eigenvalue weighted by Crippen LogP contribution is 2.50. The van der Waals surface area contributed by atoms with Crippen LogP contribution in [0.1, 0.15) is 18.4 Å². The third-order valence-electron chi connectivity index (χ3n) is 2.82. The van der Waals surface area contributed by atoms with Gasteiger partial charge in [0.05, 0.1) is 12.5 Å². The predicted octanol–water partition coefficient (Wildman–Crippen LogP) is 2.28. The Hall–Kier alpha value is -1.22. The maximum absolute atomic E-state index is 10.9. The number of carbonyl (C=O) groups excluding carboxylic acids is 1. The first-order chi connectivity index (χ1) is 7.13. The van der Waals surface area contributed by atoms with Crippen molar-refractivity contribution < 1.29 is 14.6 Å². The lowest BCUT2D eigenvalue weighted by Crippen LogP contribution is -2.08. The van der Waals surface area contributed by atoms with Gasteiger partial charge in [-0.1, -0.05) is 11.6 Å². The summed E-state index contributed by atoms with van der Waals surface area (Å²) in [6.45, 7) is 0. The Morgan fingerprint density at radius 2 is 2.20 bits per heavy atom. The lowest BCUT2D eigenvalue weighted by Gasteiger charge is -2.12. The Balaban J connectivity index is 2.50. The largest absolute Gasteiger partial charge is 0.504 e. The second-order valence-corrected chi connectivity index (χ2v) is 4.19. The molecule has 0 aliphatic heterocycles. The number of phenols is 1. The first kappa shape index (κ1) is 10.3. The van der Waals surface area contributed by atoms with E-state index in [1.54, 1.807) is 0 Å². The molecular weight excluding hydrogens is 216 g/mol. The van der Waals surface area contributed by atoms with Crippen LogP contribution >= 0.6 is 11.6 Å². The van der Waals surface area contributed by atoms with Crippen LogP contribution in [0.25, 0.3) is 0 Å². The van der Waals surface area contributed by atoms with Crippen molar-refractivity contribution in [3.63, 3.8) is 0 Å². The summed E-state index contributed by atoms with van der Waals surface area (Å²) in [6.07, 6.45) is 2.49. The number of hydrogen-bond donors (Lipinski definition) is 1. The second-order valence-electron chi connectivity index (χ2n) is 3.78.